The number of ether oxygens (including phenoxy) is 1. The molecule has 98 valence electrons. The molecule has 0 spiro atoms. The second-order valence-corrected chi connectivity index (χ2v) is 4.76. The third kappa shape index (κ3) is 3.72. The molecule has 1 amide bonds. The van der Waals surface area contributed by atoms with Crippen molar-refractivity contribution in [3.8, 4) is 0 Å². The molecule has 1 fully saturated rings. The van der Waals surface area contributed by atoms with Crippen LogP contribution in [0.4, 0.5) is 0 Å². The topological polar surface area (TPSA) is 46.6 Å². The number of methoxy groups -OCH3 is 1. The molecule has 1 aliphatic rings. The summed E-state index contributed by atoms with van der Waals surface area (Å²) in [7, 11) is 1.37. The van der Waals surface area contributed by atoms with Crippen LogP contribution in [0.15, 0.2) is 0 Å². The lowest BCUT2D eigenvalue weighted by Crippen LogP contribution is -2.38. The van der Waals surface area contributed by atoms with Crippen molar-refractivity contribution in [1.29, 1.82) is 0 Å². The number of nitrogens with zero attached hydrogens (tertiary/aromatic N) is 1. The zero-order valence-electron chi connectivity index (χ0n) is 11.1. The van der Waals surface area contributed by atoms with Gasteiger partial charge in [0, 0.05) is 19.0 Å². The van der Waals surface area contributed by atoms with Gasteiger partial charge in [-0.3, -0.25) is 9.59 Å². The second-order valence-electron chi connectivity index (χ2n) is 4.76. The van der Waals surface area contributed by atoms with Crippen LogP contribution in [0.1, 0.15) is 39.5 Å². The summed E-state index contributed by atoms with van der Waals surface area (Å²) in [4.78, 5) is 25.1. The second kappa shape index (κ2) is 6.62. The van der Waals surface area contributed by atoms with Gasteiger partial charge in [-0.2, -0.15) is 0 Å². The van der Waals surface area contributed by atoms with E-state index in [2.05, 4.69) is 11.7 Å². The Morgan fingerprint density at radius 3 is 2.53 bits per heavy atom. The van der Waals surface area contributed by atoms with Gasteiger partial charge in [-0.15, -0.1) is 0 Å². The summed E-state index contributed by atoms with van der Waals surface area (Å²) < 4.78 is 4.59. The van der Waals surface area contributed by atoms with Crippen molar-refractivity contribution < 1.29 is 14.3 Å². The molecule has 0 aliphatic heterocycles. The molecule has 4 heteroatoms. The van der Waals surface area contributed by atoms with Crippen LogP contribution in [0.2, 0.25) is 0 Å². The average molecular weight is 241 g/mol. The third-order valence-corrected chi connectivity index (χ3v) is 3.69. The molecule has 2 atom stereocenters. The highest BCUT2D eigenvalue weighted by molar-refractivity contribution is 5.80. The van der Waals surface area contributed by atoms with Crippen molar-refractivity contribution in [2.75, 3.05) is 20.2 Å². The smallest absolute Gasteiger partial charge is 0.307 e. The first-order valence-electron chi connectivity index (χ1n) is 6.45. The molecule has 0 N–H and O–H groups in total. The molecule has 1 aliphatic carbocycles. The number of carbonyl (C=O) groups is 2. The summed E-state index contributed by atoms with van der Waals surface area (Å²) in [5, 5.41) is 0. The van der Waals surface area contributed by atoms with Gasteiger partial charge in [-0.1, -0.05) is 13.3 Å². The van der Waals surface area contributed by atoms with E-state index in [0.29, 0.717) is 19.0 Å². The van der Waals surface area contributed by atoms with E-state index in [-0.39, 0.29) is 24.2 Å². The fraction of sp³-hybridized carbons (Fsp3) is 0.846. The fourth-order valence-corrected chi connectivity index (χ4v) is 2.50. The molecule has 2 unspecified atom stereocenters. The minimum atomic E-state index is -0.254. The summed E-state index contributed by atoms with van der Waals surface area (Å²) in [6.07, 6.45) is 3.57. The van der Waals surface area contributed by atoms with Crippen molar-refractivity contribution in [3.63, 3.8) is 0 Å². The first-order chi connectivity index (χ1) is 8.10. The van der Waals surface area contributed by atoms with E-state index in [4.69, 9.17) is 0 Å². The van der Waals surface area contributed by atoms with Gasteiger partial charge >= 0.3 is 5.97 Å². The van der Waals surface area contributed by atoms with Crippen molar-refractivity contribution in [2.24, 2.45) is 11.8 Å². The first kappa shape index (κ1) is 14.0. The normalized spacial score (nSPS) is 23.5. The largest absolute Gasteiger partial charge is 0.469 e. The van der Waals surface area contributed by atoms with E-state index in [9.17, 15) is 9.59 Å². The van der Waals surface area contributed by atoms with Crippen molar-refractivity contribution in [1.82, 2.24) is 4.90 Å². The van der Waals surface area contributed by atoms with Crippen molar-refractivity contribution in [3.05, 3.63) is 0 Å². The molecule has 17 heavy (non-hydrogen) atoms. The minimum Gasteiger partial charge on any atom is -0.469 e. The lowest BCUT2D eigenvalue weighted by Gasteiger charge is -2.25. The number of hydrogen-bond donors (Lipinski definition) is 0. The molecule has 0 aromatic heterocycles. The van der Waals surface area contributed by atoms with Crippen LogP contribution in [0, 0.1) is 11.8 Å². The zero-order valence-corrected chi connectivity index (χ0v) is 11.1. The predicted molar refractivity (Wildman–Crippen MR) is 65.4 cm³/mol. The monoisotopic (exact) mass is 241 g/mol. The molecular weight excluding hydrogens is 218 g/mol. The molecule has 1 rings (SSSR count). The molecule has 0 saturated heterocycles. The molecule has 4 nitrogen and oxygen atoms in total. The van der Waals surface area contributed by atoms with Crippen LogP contribution in [0.3, 0.4) is 0 Å². The third-order valence-electron chi connectivity index (χ3n) is 3.69. The number of hydrogen-bond acceptors (Lipinski definition) is 3. The molecule has 1 saturated carbocycles. The Kier molecular flexibility index (Phi) is 5.45. The van der Waals surface area contributed by atoms with E-state index in [1.165, 1.54) is 7.11 Å². The Bertz CT molecular complexity index is 278. The predicted octanol–water partition coefficient (Wildman–Crippen LogP) is 1.83. The quantitative estimate of drug-likeness (QED) is 0.690. The Morgan fingerprint density at radius 2 is 2.06 bits per heavy atom. The SMILES string of the molecule is CCN(CCC(=O)OC)C(=O)C1CCCC1C. The van der Waals surface area contributed by atoms with E-state index in [1.807, 2.05) is 6.92 Å². The maximum atomic E-state index is 12.3. The van der Waals surface area contributed by atoms with E-state index < -0.39 is 0 Å². The summed E-state index contributed by atoms with van der Waals surface area (Å²) in [5.41, 5.74) is 0. The Hall–Kier alpha value is -1.06. The zero-order chi connectivity index (χ0) is 12.8. The van der Waals surface area contributed by atoms with Crippen LogP contribution in [0.5, 0.6) is 0 Å². The van der Waals surface area contributed by atoms with Gasteiger partial charge < -0.3 is 9.64 Å². The average Bonchev–Trinajstić information content (AvgIpc) is 2.75. The highest BCUT2D eigenvalue weighted by Crippen LogP contribution is 2.32. The van der Waals surface area contributed by atoms with Crippen LogP contribution in [0.25, 0.3) is 0 Å². The minimum absolute atomic E-state index is 0.160. The van der Waals surface area contributed by atoms with Crippen molar-refractivity contribution >= 4 is 11.9 Å². The van der Waals surface area contributed by atoms with Gasteiger partial charge in [-0.25, -0.2) is 0 Å². The Morgan fingerprint density at radius 1 is 1.35 bits per heavy atom. The Labute approximate surface area is 103 Å². The molecule has 0 radical (unpaired) electrons. The molecular formula is C13H23NO3. The number of esters is 1. The number of carbonyl (C=O) groups excluding carboxylic acids is 2. The molecule has 0 heterocycles. The number of amides is 1. The van der Waals surface area contributed by atoms with Crippen molar-refractivity contribution in [2.45, 2.75) is 39.5 Å². The van der Waals surface area contributed by atoms with Crippen LogP contribution < -0.4 is 0 Å². The van der Waals surface area contributed by atoms with Gasteiger partial charge in [0.1, 0.15) is 0 Å². The maximum Gasteiger partial charge on any atom is 0.307 e. The Balaban J connectivity index is 2.48. The maximum absolute atomic E-state index is 12.3. The van der Waals surface area contributed by atoms with Crippen LogP contribution in [-0.4, -0.2) is 37.0 Å². The van der Waals surface area contributed by atoms with E-state index in [1.54, 1.807) is 4.90 Å². The lowest BCUT2D eigenvalue weighted by atomic mass is 9.96. The van der Waals surface area contributed by atoms with Gasteiger partial charge in [0.05, 0.1) is 13.5 Å². The summed E-state index contributed by atoms with van der Waals surface area (Å²) >= 11 is 0. The van der Waals surface area contributed by atoms with Crippen LogP contribution >= 0.6 is 0 Å². The molecule has 0 bridgehead atoms. The fourth-order valence-electron chi connectivity index (χ4n) is 2.50. The number of rotatable bonds is 5. The van der Waals surface area contributed by atoms with E-state index in [0.717, 1.165) is 19.3 Å². The highest BCUT2D eigenvalue weighted by atomic mass is 16.5. The van der Waals surface area contributed by atoms with Gasteiger partial charge in [0.2, 0.25) is 5.91 Å². The van der Waals surface area contributed by atoms with Gasteiger partial charge in [0.15, 0.2) is 0 Å². The summed E-state index contributed by atoms with van der Waals surface area (Å²) in [5.74, 6) is 0.597. The standard InChI is InChI=1S/C13H23NO3/c1-4-14(9-8-12(15)17-3)13(16)11-7-5-6-10(11)2/h10-11H,4-9H2,1-3H3. The van der Waals surface area contributed by atoms with Gasteiger partial charge in [0.25, 0.3) is 0 Å². The van der Waals surface area contributed by atoms with E-state index >= 15 is 0 Å². The van der Waals surface area contributed by atoms with Crippen LogP contribution in [-0.2, 0) is 14.3 Å². The van der Waals surface area contributed by atoms with Gasteiger partial charge in [-0.05, 0) is 25.7 Å². The lowest BCUT2D eigenvalue weighted by molar-refractivity contribution is -0.142. The summed E-state index contributed by atoms with van der Waals surface area (Å²) in [6.45, 7) is 5.24. The summed E-state index contributed by atoms with van der Waals surface area (Å²) in [6, 6.07) is 0. The molecule has 0 aromatic carbocycles. The molecule has 0 aromatic rings. The first-order valence-corrected chi connectivity index (χ1v) is 6.45. The highest BCUT2D eigenvalue weighted by Gasteiger charge is 2.32.